The summed E-state index contributed by atoms with van der Waals surface area (Å²) < 4.78 is 120. The van der Waals surface area contributed by atoms with Gasteiger partial charge in [-0.3, -0.25) is 0 Å². The molecular weight excluding hydrogens is 435 g/mol. The molecule has 0 aliphatic carbocycles. The van der Waals surface area contributed by atoms with Crippen LogP contribution in [0.2, 0.25) is 0 Å². The molecule has 2 heterocycles. The number of hydrogen-bond donors (Lipinski definition) is 1. The number of anilines is 1. The molecule has 0 saturated heterocycles. The number of nitrogen functional groups attached to an aromatic ring is 1. The van der Waals surface area contributed by atoms with Crippen LogP contribution in [0.3, 0.4) is 0 Å². The Kier molecular flexibility index (Phi) is 4.74. The van der Waals surface area contributed by atoms with Crippen LogP contribution in [0.4, 0.5) is 45.2 Å². The highest BCUT2D eigenvalue weighted by atomic mass is 19.4. The predicted octanol–water partition coefficient (Wildman–Crippen LogP) is 4.06. The molecule has 0 amide bonds. The van der Waals surface area contributed by atoms with Crippen LogP contribution in [0, 0.1) is 5.82 Å². The largest absolute Gasteiger partial charge is 0.459 e. The number of rotatable bonds is 3. The molecule has 15 heteroatoms. The van der Waals surface area contributed by atoms with E-state index in [-0.39, 0.29) is 26.3 Å². The summed E-state index contributed by atoms with van der Waals surface area (Å²) in [7, 11) is 0.711. The van der Waals surface area contributed by atoms with Crippen molar-refractivity contribution in [2.24, 2.45) is 7.05 Å². The van der Waals surface area contributed by atoms with Crippen LogP contribution < -0.4 is 5.73 Å². The van der Waals surface area contributed by atoms with Gasteiger partial charge in [-0.15, -0.1) is 5.10 Å². The minimum atomic E-state index is -6.34. The van der Waals surface area contributed by atoms with Crippen molar-refractivity contribution in [3.8, 4) is 17.1 Å². The van der Waals surface area contributed by atoms with Crippen molar-refractivity contribution in [2.75, 3.05) is 5.73 Å². The van der Waals surface area contributed by atoms with Gasteiger partial charge in [-0.1, -0.05) is 11.3 Å². The average molecular weight is 444 g/mol. The Balaban J connectivity index is 2.24. The molecule has 0 spiro atoms. The van der Waals surface area contributed by atoms with Gasteiger partial charge in [-0.05, 0) is 12.1 Å². The Labute approximate surface area is 160 Å². The second-order valence-electron chi connectivity index (χ2n) is 6.00. The molecule has 0 radical (unpaired) electrons. The summed E-state index contributed by atoms with van der Waals surface area (Å²) in [5.41, 5.74) is -0.465. The summed E-state index contributed by atoms with van der Waals surface area (Å²) in [6, 6.07) is 3.66. The van der Waals surface area contributed by atoms with Crippen molar-refractivity contribution in [1.82, 2.24) is 24.8 Å². The van der Waals surface area contributed by atoms with E-state index in [2.05, 4.69) is 15.4 Å². The standard InChI is InChI=1S/C15H9F9N6/c1-29-12(9(14(19,20)21)11(27-29)13(17,18)15(22,23)24)30-5-8(26-28-30)6-3-2-4-7(25)10(6)16/h2-5H,25H2,1H3. The van der Waals surface area contributed by atoms with Gasteiger partial charge in [-0.2, -0.15) is 40.2 Å². The van der Waals surface area contributed by atoms with E-state index in [0.717, 1.165) is 6.07 Å². The van der Waals surface area contributed by atoms with Gasteiger partial charge in [0.2, 0.25) is 0 Å². The summed E-state index contributed by atoms with van der Waals surface area (Å²) in [6.07, 6.45) is -11.3. The maximum Gasteiger partial charge on any atom is 0.459 e. The molecule has 0 atom stereocenters. The summed E-state index contributed by atoms with van der Waals surface area (Å²) in [5.74, 6) is -8.16. The first-order valence-corrected chi connectivity index (χ1v) is 7.72. The minimum Gasteiger partial charge on any atom is -0.396 e. The first-order valence-electron chi connectivity index (χ1n) is 7.72. The Morgan fingerprint density at radius 2 is 1.63 bits per heavy atom. The third-order valence-corrected chi connectivity index (χ3v) is 3.97. The molecule has 0 bridgehead atoms. The number of hydrogen-bond acceptors (Lipinski definition) is 4. The van der Waals surface area contributed by atoms with Crippen molar-refractivity contribution in [1.29, 1.82) is 0 Å². The molecule has 3 aromatic rings. The van der Waals surface area contributed by atoms with Gasteiger partial charge in [0, 0.05) is 12.6 Å². The first-order chi connectivity index (χ1) is 13.7. The second-order valence-corrected chi connectivity index (χ2v) is 6.00. The molecule has 2 N–H and O–H groups in total. The number of halogens is 9. The molecule has 0 aliphatic heterocycles. The highest BCUT2D eigenvalue weighted by Gasteiger charge is 2.64. The van der Waals surface area contributed by atoms with Gasteiger partial charge in [-0.25, -0.2) is 13.8 Å². The van der Waals surface area contributed by atoms with Gasteiger partial charge in [0.15, 0.2) is 17.3 Å². The monoisotopic (exact) mass is 444 g/mol. The number of benzene rings is 1. The van der Waals surface area contributed by atoms with Crippen molar-refractivity contribution < 1.29 is 39.5 Å². The molecule has 162 valence electrons. The molecule has 0 unspecified atom stereocenters. The zero-order chi connectivity index (χ0) is 22.6. The van der Waals surface area contributed by atoms with Crippen LogP contribution >= 0.6 is 0 Å². The molecule has 2 aromatic heterocycles. The smallest absolute Gasteiger partial charge is 0.396 e. The van der Waals surface area contributed by atoms with Crippen LogP contribution in [0.15, 0.2) is 24.4 Å². The highest BCUT2D eigenvalue weighted by Crippen LogP contribution is 2.49. The van der Waals surface area contributed by atoms with Gasteiger partial charge in [0.25, 0.3) is 0 Å². The molecule has 0 fully saturated rings. The fraction of sp³-hybridized carbons (Fsp3) is 0.267. The van der Waals surface area contributed by atoms with E-state index in [1.165, 1.54) is 12.1 Å². The molecule has 1 aromatic carbocycles. The van der Waals surface area contributed by atoms with Crippen LogP contribution in [0.25, 0.3) is 17.1 Å². The van der Waals surface area contributed by atoms with Crippen molar-refractivity contribution >= 4 is 5.69 Å². The number of alkyl halides is 8. The zero-order valence-corrected chi connectivity index (χ0v) is 14.5. The van der Waals surface area contributed by atoms with Gasteiger partial charge >= 0.3 is 18.3 Å². The highest BCUT2D eigenvalue weighted by molar-refractivity contribution is 5.64. The maximum atomic E-state index is 14.1. The summed E-state index contributed by atoms with van der Waals surface area (Å²) >= 11 is 0. The minimum absolute atomic E-state index is 0.145. The lowest BCUT2D eigenvalue weighted by atomic mass is 10.1. The predicted molar refractivity (Wildman–Crippen MR) is 82.9 cm³/mol. The second kappa shape index (κ2) is 6.63. The van der Waals surface area contributed by atoms with Crippen LogP contribution in [0.5, 0.6) is 0 Å². The van der Waals surface area contributed by atoms with E-state index in [1.54, 1.807) is 0 Å². The quantitative estimate of drug-likeness (QED) is 0.489. The molecule has 0 saturated carbocycles. The Morgan fingerprint density at radius 1 is 1.00 bits per heavy atom. The van der Waals surface area contributed by atoms with E-state index in [1.807, 2.05) is 0 Å². The van der Waals surface area contributed by atoms with Crippen molar-refractivity contribution in [3.05, 3.63) is 41.5 Å². The van der Waals surface area contributed by atoms with Crippen LogP contribution in [-0.2, 0) is 19.1 Å². The Bertz CT molecular complexity index is 1090. The Morgan fingerprint density at radius 3 is 2.20 bits per heavy atom. The SMILES string of the molecule is Cn1nc(C(F)(F)C(F)(F)F)c(C(F)(F)F)c1-n1cc(-c2cccc(N)c2F)nn1. The number of aromatic nitrogens is 5. The average Bonchev–Trinajstić information content (AvgIpc) is 3.20. The van der Waals surface area contributed by atoms with Gasteiger partial charge in [0.1, 0.15) is 11.3 Å². The van der Waals surface area contributed by atoms with Gasteiger partial charge < -0.3 is 5.73 Å². The fourth-order valence-electron chi connectivity index (χ4n) is 2.63. The van der Waals surface area contributed by atoms with Gasteiger partial charge in [0.05, 0.1) is 11.9 Å². The Hall–Kier alpha value is -3.26. The van der Waals surface area contributed by atoms with E-state index in [0.29, 0.717) is 13.2 Å². The number of nitrogens with two attached hydrogens (primary N) is 1. The maximum absolute atomic E-state index is 14.1. The van der Waals surface area contributed by atoms with Crippen LogP contribution in [-0.4, -0.2) is 31.0 Å². The normalized spacial score (nSPS) is 13.1. The van der Waals surface area contributed by atoms with Crippen molar-refractivity contribution in [3.63, 3.8) is 0 Å². The summed E-state index contributed by atoms with van der Waals surface area (Å²) in [4.78, 5) is 0. The zero-order valence-electron chi connectivity index (χ0n) is 14.5. The molecule has 6 nitrogen and oxygen atoms in total. The van der Waals surface area contributed by atoms with E-state index < -0.39 is 41.2 Å². The lowest BCUT2D eigenvalue weighted by molar-refractivity contribution is -0.292. The molecule has 30 heavy (non-hydrogen) atoms. The third kappa shape index (κ3) is 3.33. The molecule has 0 aliphatic rings. The lowest BCUT2D eigenvalue weighted by Crippen LogP contribution is -2.36. The number of aryl methyl sites for hydroxylation is 1. The van der Waals surface area contributed by atoms with E-state index in [9.17, 15) is 39.5 Å². The summed E-state index contributed by atoms with van der Waals surface area (Å²) in [5, 5.41) is 9.50. The molecular formula is C15H9F9N6. The van der Waals surface area contributed by atoms with Crippen molar-refractivity contribution in [2.45, 2.75) is 18.3 Å². The van der Waals surface area contributed by atoms with Crippen LogP contribution in [0.1, 0.15) is 11.3 Å². The molecule has 3 rings (SSSR count). The van der Waals surface area contributed by atoms with E-state index >= 15 is 0 Å². The topological polar surface area (TPSA) is 74.5 Å². The fourth-order valence-corrected chi connectivity index (χ4v) is 2.63. The summed E-state index contributed by atoms with van der Waals surface area (Å²) in [6.45, 7) is 0. The lowest BCUT2D eigenvalue weighted by Gasteiger charge is -2.19. The first kappa shape index (κ1) is 21.4. The third-order valence-electron chi connectivity index (χ3n) is 3.97. The number of nitrogens with zero attached hydrogens (tertiary/aromatic N) is 5. The van der Waals surface area contributed by atoms with E-state index in [4.69, 9.17) is 5.73 Å².